The number of hydrogen-bond acceptors (Lipinski definition) is 1. The first-order valence-electron chi connectivity index (χ1n) is 6.34. The number of rotatable bonds is 2. The smallest absolute Gasteiger partial charge is 0.106 e. The van der Waals surface area contributed by atoms with Crippen LogP contribution in [-0.4, -0.2) is 4.98 Å². The van der Waals surface area contributed by atoms with Gasteiger partial charge in [-0.15, -0.1) is 0 Å². The molecule has 1 heterocycles. The molecule has 0 saturated heterocycles. The van der Waals surface area contributed by atoms with Crippen LogP contribution in [0.25, 0.3) is 0 Å². The maximum Gasteiger partial charge on any atom is 0.106 e. The minimum Gasteiger partial charge on any atom is -0.246 e. The van der Waals surface area contributed by atoms with Crippen molar-refractivity contribution in [3.63, 3.8) is 0 Å². The summed E-state index contributed by atoms with van der Waals surface area (Å²) in [6.07, 6.45) is 6.91. The van der Waals surface area contributed by atoms with E-state index < -0.39 is 0 Å². The molecule has 0 amide bonds. The van der Waals surface area contributed by atoms with Gasteiger partial charge in [-0.25, -0.2) is 4.98 Å². The highest BCUT2D eigenvalue weighted by Gasteiger charge is 2.17. The van der Waals surface area contributed by atoms with E-state index in [0.717, 1.165) is 10.5 Å². The Bertz CT molecular complexity index is 354. The molecule has 0 N–H and O–H groups in total. The molecule has 1 fully saturated rings. The van der Waals surface area contributed by atoms with E-state index in [1.807, 2.05) is 0 Å². The molecule has 16 heavy (non-hydrogen) atoms. The minimum absolute atomic E-state index is 0.514. The lowest BCUT2D eigenvalue weighted by Crippen LogP contribution is -2.06. The normalized spacial score (nSPS) is 18.0. The van der Waals surface area contributed by atoms with Crippen LogP contribution in [-0.2, 0) is 0 Å². The van der Waals surface area contributed by atoms with E-state index in [-0.39, 0.29) is 0 Å². The Balaban J connectivity index is 2.25. The molecule has 0 radical (unpaired) electrons. The first-order chi connectivity index (χ1) is 7.66. The van der Waals surface area contributed by atoms with E-state index >= 15 is 0 Å². The first-order valence-corrected chi connectivity index (χ1v) is 7.13. The summed E-state index contributed by atoms with van der Waals surface area (Å²) in [6.45, 7) is 4.42. The van der Waals surface area contributed by atoms with Crippen LogP contribution in [0.4, 0.5) is 0 Å². The third-order valence-electron chi connectivity index (χ3n) is 3.50. The summed E-state index contributed by atoms with van der Waals surface area (Å²) in [7, 11) is 0. The van der Waals surface area contributed by atoms with Gasteiger partial charge in [0.2, 0.25) is 0 Å². The van der Waals surface area contributed by atoms with Crippen molar-refractivity contribution in [1.82, 2.24) is 4.98 Å². The summed E-state index contributed by atoms with van der Waals surface area (Å²) in [4.78, 5) is 4.54. The predicted molar refractivity (Wildman–Crippen MR) is 71.9 cm³/mol. The Morgan fingerprint density at radius 1 is 1.19 bits per heavy atom. The van der Waals surface area contributed by atoms with Crippen LogP contribution < -0.4 is 0 Å². The second-order valence-electron chi connectivity index (χ2n) is 5.14. The summed E-state index contributed by atoms with van der Waals surface area (Å²) in [5.41, 5.74) is 2.71. The SMILES string of the molecule is CC(C)c1cc(C2CCCCC2)cc(Br)n1. The van der Waals surface area contributed by atoms with Gasteiger partial charge in [0.1, 0.15) is 4.60 Å². The van der Waals surface area contributed by atoms with Crippen molar-refractivity contribution >= 4 is 15.9 Å². The second kappa shape index (κ2) is 5.31. The standard InChI is InChI=1S/C14H20BrN/c1-10(2)13-8-12(9-14(15)16-13)11-6-4-3-5-7-11/h8-11H,3-7H2,1-2H3. The van der Waals surface area contributed by atoms with Gasteiger partial charge < -0.3 is 0 Å². The molecule has 2 heteroatoms. The van der Waals surface area contributed by atoms with Crippen LogP contribution in [0.1, 0.15) is 69.0 Å². The highest BCUT2D eigenvalue weighted by atomic mass is 79.9. The fraction of sp³-hybridized carbons (Fsp3) is 0.643. The highest BCUT2D eigenvalue weighted by molar-refractivity contribution is 9.10. The zero-order valence-electron chi connectivity index (χ0n) is 10.2. The molecular formula is C14H20BrN. The molecule has 0 spiro atoms. The maximum atomic E-state index is 4.54. The van der Waals surface area contributed by atoms with Gasteiger partial charge in [-0.1, -0.05) is 33.1 Å². The zero-order chi connectivity index (χ0) is 11.5. The summed E-state index contributed by atoms with van der Waals surface area (Å²) >= 11 is 3.54. The summed E-state index contributed by atoms with van der Waals surface area (Å²) in [5.74, 6) is 1.28. The van der Waals surface area contributed by atoms with Gasteiger partial charge in [-0.05, 0) is 58.3 Å². The molecule has 88 valence electrons. The van der Waals surface area contributed by atoms with Crippen molar-refractivity contribution in [3.05, 3.63) is 28.0 Å². The van der Waals surface area contributed by atoms with Crippen LogP contribution >= 0.6 is 15.9 Å². The molecule has 1 aliphatic rings. The Labute approximate surface area is 107 Å². The summed E-state index contributed by atoms with van der Waals surface area (Å²) in [6, 6.07) is 4.52. The van der Waals surface area contributed by atoms with Gasteiger partial charge in [-0.2, -0.15) is 0 Å². The maximum absolute atomic E-state index is 4.54. The lowest BCUT2D eigenvalue weighted by Gasteiger charge is -2.23. The largest absolute Gasteiger partial charge is 0.246 e. The molecule has 0 aromatic carbocycles. The number of aromatic nitrogens is 1. The summed E-state index contributed by atoms with van der Waals surface area (Å²) in [5, 5.41) is 0. The average Bonchev–Trinajstić information content (AvgIpc) is 2.29. The Morgan fingerprint density at radius 2 is 1.88 bits per heavy atom. The van der Waals surface area contributed by atoms with Crippen molar-refractivity contribution in [2.45, 2.75) is 57.8 Å². The lowest BCUT2D eigenvalue weighted by atomic mass is 9.84. The van der Waals surface area contributed by atoms with Crippen LogP contribution in [0.3, 0.4) is 0 Å². The van der Waals surface area contributed by atoms with E-state index in [0.29, 0.717) is 5.92 Å². The van der Waals surface area contributed by atoms with E-state index in [4.69, 9.17) is 0 Å². The third-order valence-corrected chi connectivity index (χ3v) is 3.91. The number of nitrogens with zero attached hydrogens (tertiary/aromatic N) is 1. The second-order valence-corrected chi connectivity index (χ2v) is 5.95. The van der Waals surface area contributed by atoms with Crippen LogP contribution in [0.15, 0.2) is 16.7 Å². The molecular weight excluding hydrogens is 262 g/mol. The number of halogens is 1. The zero-order valence-corrected chi connectivity index (χ0v) is 11.8. The Hall–Kier alpha value is -0.370. The van der Waals surface area contributed by atoms with Crippen LogP contribution in [0.2, 0.25) is 0 Å². The van der Waals surface area contributed by atoms with Gasteiger partial charge in [0.15, 0.2) is 0 Å². The minimum atomic E-state index is 0.514. The van der Waals surface area contributed by atoms with Gasteiger partial charge in [0, 0.05) is 5.69 Å². The fourth-order valence-corrected chi connectivity index (χ4v) is 2.97. The van der Waals surface area contributed by atoms with E-state index in [2.05, 4.69) is 46.9 Å². The van der Waals surface area contributed by atoms with Crippen molar-refractivity contribution in [3.8, 4) is 0 Å². The Kier molecular flexibility index (Phi) is 4.01. The van der Waals surface area contributed by atoms with Crippen LogP contribution in [0.5, 0.6) is 0 Å². The van der Waals surface area contributed by atoms with Crippen molar-refractivity contribution in [2.24, 2.45) is 0 Å². The lowest BCUT2D eigenvalue weighted by molar-refractivity contribution is 0.443. The van der Waals surface area contributed by atoms with Gasteiger partial charge in [0.25, 0.3) is 0 Å². The molecule has 1 saturated carbocycles. The van der Waals surface area contributed by atoms with E-state index in [9.17, 15) is 0 Å². The van der Waals surface area contributed by atoms with Crippen molar-refractivity contribution < 1.29 is 0 Å². The van der Waals surface area contributed by atoms with Crippen molar-refractivity contribution in [2.75, 3.05) is 0 Å². The fourth-order valence-electron chi connectivity index (χ4n) is 2.51. The number of hydrogen-bond donors (Lipinski definition) is 0. The van der Waals surface area contributed by atoms with Gasteiger partial charge in [0.05, 0.1) is 0 Å². The molecule has 1 aliphatic carbocycles. The number of pyridine rings is 1. The summed E-state index contributed by atoms with van der Waals surface area (Å²) < 4.78 is 0.999. The monoisotopic (exact) mass is 281 g/mol. The highest BCUT2D eigenvalue weighted by Crippen LogP contribution is 2.34. The van der Waals surface area contributed by atoms with Gasteiger partial charge in [-0.3, -0.25) is 0 Å². The predicted octanol–water partition coefficient (Wildman–Crippen LogP) is 5.02. The van der Waals surface area contributed by atoms with E-state index in [1.165, 1.54) is 43.4 Å². The van der Waals surface area contributed by atoms with Crippen LogP contribution in [0, 0.1) is 0 Å². The van der Waals surface area contributed by atoms with Crippen molar-refractivity contribution in [1.29, 1.82) is 0 Å². The topological polar surface area (TPSA) is 12.9 Å². The quantitative estimate of drug-likeness (QED) is 0.694. The molecule has 0 aliphatic heterocycles. The van der Waals surface area contributed by atoms with Gasteiger partial charge >= 0.3 is 0 Å². The molecule has 2 rings (SSSR count). The average molecular weight is 282 g/mol. The molecule has 1 aromatic heterocycles. The molecule has 1 aromatic rings. The molecule has 0 unspecified atom stereocenters. The molecule has 0 bridgehead atoms. The first kappa shape index (κ1) is 12.1. The third kappa shape index (κ3) is 2.85. The Morgan fingerprint density at radius 3 is 2.50 bits per heavy atom. The van der Waals surface area contributed by atoms with E-state index in [1.54, 1.807) is 0 Å². The molecule has 0 atom stereocenters. The molecule has 1 nitrogen and oxygen atoms in total.